The molecule has 142 valence electrons. The standard InChI is InChI=1S/C22H26N2O2S/c1-4-5-6-16-7-12-19-20(13-16)27-22(23-19)24-21(25)17-8-10-18(11-9-17)26-14-15(2)3/h7-13,15H,4-6,14H2,1-3H3,(H,23,24,25). The zero-order valence-corrected chi connectivity index (χ0v) is 16.9. The molecule has 0 saturated heterocycles. The quantitative estimate of drug-likeness (QED) is 0.525. The lowest BCUT2D eigenvalue weighted by atomic mass is 10.1. The van der Waals surface area contributed by atoms with Crippen LogP contribution in [0.5, 0.6) is 5.75 Å². The summed E-state index contributed by atoms with van der Waals surface area (Å²) in [5.41, 5.74) is 2.84. The fourth-order valence-electron chi connectivity index (χ4n) is 2.69. The number of aromatic nitrogens is 1. The maximum Gasteiger partial charge on any atom is 0.257 e. The highest BCUT2D eigenvalue weighted by molar-refractivity contribution is 7.22. The van der Waals surface area contributed by atoms with Crippen molar-refractivity contribution >= 4 is 32.6 Å². The Morgan fingerprint density at radius 2 is 1.96 bits per heavy atom. The average molecular weight is 383 g/mol. The highest BCUT2D eigenvalue weighted by Crippen LogP contribution is 2.28. The molecule has 5 heteroatoms. The van der Waals surface area contributed by atoms with Gasteiger partial charge in [-0.3, -0.25) is 10.1 Å². The van der Waals surface area contributed by atoms with Crippen LogP contribution in [0, 0.1) is 5.92 Å². The van der Waals surface area contributed by atoms with E-state index in [9.17, 15) is 4.79 Å². The van der Waals surface area contributed by atoms with Crippen LogP contribution in [0.2, 0.25) is 0 Å². The summed E-state index contributed by atoms with van der Waals surface area (Å²) < 4.78 is 6.77. The van der Waals surface area contributed by atoms with Crippen LogP contribution in [-0.2, 0) is 6.42 Å². The number of thiazole rings is 1. The number of nitrogens with zero attached hydrogens (tertiary/aromatic N) is 1. The molecule has 1 amide bonds. The second-order valence-electron chi connectivity index (χ2n) is 7.11. The summed E-state index contributed by atoms with van der Waals surface area (Å²) in [7, 11) is 0. The largest absolute Gasteiger partial charge is 0.493 e. The average Bonchev–Trinajstić information content (AvgIpc) is 3.06. The number of carbonyl (C=O) groups is 1. The fraction of sp³-hybridized carbons (Fsp3) is 0.364. The smallest absolute Gasteiger partial charge is 0.257 e. The molecular weight excluding hydrogens is 356 g/mol. The summed E-state index contributed by atoms with van der Waals surface area (Å²) in [5, 5.41) is 3.54. The predicted molar refractivity (Wildman–Crippen MR) is 113 cm³/mol. The van der Waals surface area contributed by atoms with Gasteiger partial charge in [0, 0.05) is 5.56 Å². The lowest BCUT2D eigenvalue weighted by Crippen LogP contribution is -2.11. The Kier molecular flexibility index (Phi) is 6.45. The molecule has 0 saturated carbocycles. The Morgan fingerprint density at radius 1 is 1.19 bits per heavy atom. The summed E-state index contributed by atoms with van der Waals surface area (Å²) in [6.45, 7) is 7.07. The molecule has 2 aromatic carbocycles. The minimum atomic E-state index is -0.157. The second kappa shape index (κ2) is 9.00. The zero-order valence-electron chi connectivity index (χ0n) is 16.1. The number of anilines is 1. The number of ether oxygens (including phenoxy) is 1. The van der Waals surface area contributed by atoms with E-state index >= 15 is 0 Å². The van der Waals surface area contributed by atoms with Crippen LogP contribution in [0.25, 0.3) is 10.2 Å². The van der Waals surface area contributed by atoms with Crippen LogP contribution >= 0.6 is 11.3 Å². The lowest BCUT2D eigenvalue weighted by molar-refractivity contribution is 0.102. The Morgan fingerprint density at radius 3 is 2.67 bits per heavy atom. The molecule has 0 aliphatic carbocycles. The summed E-state index contributed by atoms with van der Waals surface area (Å²) in [6.07, 6.45) is 3.45. The predicted octanol–water partition coefficient (Wildman–Crippen LogP) is 5.93. The summed E-state index contributed by atoms with van der Waals surface area (Å²) >= 11 is 1.51. The molecule has 3 rings (SSSR count). The van der Waals surface area contributed by atoms with Gasteiger partial charge < -0.3 is 4.74 Å². The molecule has 0 fully saturated rings. The second-order valence-corrected chi connectivity index (χ2v) is 8.14. The van der Waals surface area contributed by atoms with Crippen molar-refractivity contribution < 1.29 is 9.53 Å². The van der Waals surface area contributed by atoms with Crippen molar-refractivity contribution in [3.8, 4) is 5.75 Å². The van der Waals surface area contributed by atoms with E-state index in [1.54, 1.807) is 12.1 Å². The van der Waals surface area contributed by atoms with E-state index in [0.717, 1.165) is 22.4 Å². The molecule has 4 nitrogen and oxygen atoms in total. The van der Waals surface area contributed by atoms with Crippen LogP contribution in [0.3, 0.4) is 0 Å². The van der Waals surface area contributed by atoms with Gasteiger partial charge >= 0.3 is 0 Å². The number of hydrogen-bond acceptors (Lipinski definition) is 4. The Balaban J connectivity index is 1.66. The molecule has 27 heavy (non-hydrogen) atoms. The van der Waals surface area contributed by atoms with Crippen LogP contribution < -0.4 is 10.1 Å². The number of unbranched alkanes of at least 4 members (excludes halogenated alkanes) is 1. The van der Waals surface area contributed by atoms with Gasteiger partial charge in [-0.05, 0) is 60.7 Å². The topological polar surface area (TPSA) is 51.2 Å². The van der Waals surface area contributed by atoms with E-state index in [1.807, 2.05) is 18.2 Å². The molecule has 0 radical (unpaired) electrons. The first-order chi connectivity index (χ1) is 13.0. The van der Waals surface area contributed by atoms with Crippen molar-refractivity contribution in [1.82, 2.24) is 4.98 Å². The highest BCUT2D eigenvalue weighted by atomic mass is 32.1. The maximum atomic E-state index is 12.5. The number of rotatable bonds is 8. The molecular formula is C22H26N2O2S. The minimum Gasteiger partial charge on any atom is -0.493 e. The van der Waals surface area contributed by atoms with Gasteiger partial charge in [0.2, 0.25) is 0 Å². The van der Waals surface area contributed by atoms with Gasteiger partial charge in [0.15, 0.2) is 5.13 Å². The number of carbonyl (C=O) groups excluding carboxylic acids is 1. The summed E-state index contributed by atoms with van der Waals surface area (Å²) in [5.74, 6) is 1.09. The SMILES string of the molecule is CCCCc1ccc2nc(NC(=O)c3ccc(OCC(C)C)cc3)sc2c1. The third-order valence-corrected chi connectivity index (χ3v) is 5.13. The van der Waals surface area contributed by atoms with Gasteiger partial charge in [-0.2, -0.15) is 0 Å². The Bertz CT molecular complexity index is 900. The van der Waals surface area contributed by atoms with Gasteiger partial charge in [-0.1, -0.05) is 44.6 Å². The van der Waals surface area contributed by atoms with Gasteiger partial charge in [0.05, 0.1) is 16.8 Å². The molecule has 1 heterocycles. The van der Waals surface area contributed by atoms with Crippen molar-refractivity contribution in [2.75, 3.05) is 11.9 Å². The van der Waals surface area contributed by atoms with Gasteiger partial charge in [0.1, 0.15) is 5.75 Å². The van der Waals surface area contributed by atoms with Crippen molar-refractivity contribution in [1.29, 1.82) is 0 Å². The minimum absolute atomic E-state index is 0.157. The monoisotopic (exact) mass is 382 g/mol. The third-order valence-electron chi connectivity index (χ3n) is 4.19. The zero-order chi connectivity index (χ0) is 19.2. The normalized spacial score (nSPS) is 11.1. The Hall–Kier alpha value is -2.40. The molecule has 3 aromatic rings. The van der Waals surface area contributed by atoms with Crippen LogP contribution in [0.1, 0.15) is 49.5 Å². The first-order valence-corrected chi connectivity index (χ1v) is 10.3. The third kappa shape index (κ3) is 5.30. The van der Waals surface area contributed by atoms with E-state index in [-0.39, 0.29) is 5.91 Å². The molecule has 1 N–H and O–H groups in total. The molecule has 0 unspecified atom stereocenters. The highest BCUT2D eigenvalue weighted by Gasteiger charge is 2.11. The van der Waals surface area contributed by atoms with Crippen LogP contribution in [-0.4, -0.2) is 17.5 Å². The van der Waals surface area contributed by atoms with Crippen LogP contribution in [0.4, 0.5) is 5.13 Å². The van der Waals surface area contributed by atoms with Crippen molar-refractivity contribution in [3.05, 3.63) is 53.6 Å². The van der Waals surface area contributed by atoms with E-state index < -0.39 is 0 Å². The lowest BCUT2D eigenvalue weighted by Gasteiger charge is -2.09. The summed E-state index contributed by atoms with van der Waals surface area (Å²) in [6, 6.07) is 13.6. The number of nitrogens with one attached hydrogen (secondary N) is 1. The number of hydrogen-bond donors (Lipinski definition) is 1. The van der Waals surface area contributed by atoms with Crippen molar-refractivity contribution in [3.63, 3.8) is 0 Å². The molecule has 0 aliphatic heterocycles. The van der Waals surface area contributed by atoms with Gasteiger partial charge in [-0.15, -0.1) is 0 Å². The van der Waals surface area contributed by atoms with Crippen molar-refractivity contribution in [2.45, 2.75) is 40.0 Å². The number of fused-ring (bicyclic) bond motifs is 1. The number of amides is 1. The van der Waals surface area contributed by atoms with E-state index in [1.165, 1.54) is 29.7 Å². The van der Waals surface area contributed by atoms with Gasteiger partial charge in [-0.25, -0.2) is 4.98 Å². The number of benzene rings is 2. The Labute approximate surface area is 164 Å². The van der Waals surface area contributed by atoms with E-state index in [2.05, 4.69) is 43.2 Å². The number of aryl methyl sites for hydroxylation is 1. The van der Waals surface area contributed by atoms with Crippen molar-refractivity contribution in [2.24, 2.45) is 5.92 Å². The first-order valence-electron chi connectivity index (χ1n) is 9.49. The van der Waals surface area contributed by atoms with Gasteiger partial charge in [0.25, 0.3) is 5.91 Å². The molecule has 0 bridgehead atoms. The summed E-state index contributed by atoms with van der Waals surface area (Å²) in [4.78, 5) is 17.0. The van der Waals surface area contributed by atoms with E-state index in [4.69, 9.17) is 4.74 Å². The van der Waals surface area contributed by atoms with E-state index in [0.29, 0.717) is 23.2 Å². The van der Waals surface area contributed by atoms with Crippen LogP contribution in [0.15, 0.2) is 42.5 Å². The fourth-order valence-corrected chi connectivity index (χ4v) is 3.62. The maximum absolute atomic E-state index is 12.5. The molecule has 0 spiro atoms. The molecule has 0 aliphatic rings. The first kappa shape index (κ1) is 19.4. The molecule has 1 aromatic heterocycles. The molecule has 0 atom stereocenters.